The average molecular weight is 311 g/mol. The Balaban J connectivity index is 0.00000162. The van der Waals surface area contributed by atoms with Crippen LogP contribution in [0.5, 0.6) is 5.75 Å². The third kappa shape index (κ3) is 4.85. The molecule has 0 spiro atoms. The lowest BCUT2D eigenvalue weighted by molar-refractivity contribution is 0.254. The van der Waals surface area contributed by atoms with Crippen molar-refractivity contribution in [1.82, 2.24) is 5.32 Å². The molecule has 1 saturated heterocycles. The lowest BCUT2D eigenvalue weighted by atomic mass is 9.97. The molecule has 1 heterocycles. The van der Waals surface area contributed by atoms with E-state index in [4.69, 9.17) is 27.9 Å². The van der Waals surface area contributed by atoms with Crippen molar-refractivity contribution in [3.8, 4) is 5.75 Å². The summed E-state index contributed by atoms with van der Waals surface area (Å²) < 4.78 is 5.68. The Labute approximate surface area is 124 Å². The van der Waals surface area contributed by atoms with E-state index < -0.39 is 0 Å². The molecule has 1 aliphatic rings. The smallest absolute Gasteiger partial charge is 0.137 e. The number of ether oxygens (including phenoxy) is 1. The molecule has 0 saturated carbocycles. The van der Waals surface area contributed by atoms with Crippen molar-refractivity contribution in [2.75, 3.05) is 19.7 Å². The Hall–Kier alpha value is -0.150. The molecular weight excluding hydrogens is 293 g/mol. The van der Waals surface area contributed by atoms with Gasteiger partial charge in [0.15, 0.2) is 0 Å². The second-order valence-electron chi connectivity index (χ2n) is 4.42. The van der Waals surface area contributed by atoms with E-state index in [9.17, 15) is 0 Å². The van der Waals surface area contributed by atoms with E-state index in [2.05, 4.69) is 5.32 Å². The normalized spacial score (nSPS) is 19.1. The summed E-state index contributed by atoms with van der Waals surface area (Å²) >= 11 is 11.9. The van der Waals surface area contributed by atoms with Gasteiger partial charge in [0.05, 0.1) is 11.6 Å². The molecule has 0 amide bonds. The highest BCUT2D eigenvalue weighted by molar-refractivity contribution is 6.35. The van der Waals surface area contributed by atoms with Crippen LogP contribution in [0.2, 0.25) is 10.0 Å². The van der Waals surface area contributed by atoms with Gasteiger partial charge in [-0.15, -0.1) is 12.4 Å². The maximum Gasteiger partial charge on any atom is 0.137 e. The first-order valence-electron chi connectivity index (χ1n) is 6.04. The standard InChI is InChI=1S/C13H17Cl2NO.ClH/c14-11-3-4-13(12(15)8-11)17-7-5-10-2-1-6-16-9-10;/h3-4,8,10,16H,1-2,5-7,9H2;1H. The van der Waals surface area contributed by atoms with E-state index >= 15 is 0 Å². The van der Waals surface area contributed by atoms with Gasteiger partial charge in [0.25, 0.3) is 0 Å². The second-order valence-corrected chi connectivity index (χ2v) is 5.27. The minimum absolute atomic E-state index is 0. The van der Waals surface area contributed by atoms with E-state index in [1.165, 1.54) is 12.8 Å². The van der Waals surface area contributed by atoms with Crippen LogP contribution in [0.25, 0.3) is 0 Å². The monoisotopic (exact) mass is 309 g/mol. The zero-order chi connectivity index (χ0) is 12.1. The molecule has 0 radical (unpaired) electrons. The molecule has 2 nitrogen and oxygen atoms in total. The van der Waals surface area contributed by atoms with Crippen molar-refractivity contribution in [3.63, 3.8) is 0 Å². The summed E-state index contributed by atoms with van der Waals surface area (Å²) in [4.78, 5) is 0. The van der Waals surface area contributed by atoms with Gasteiger partial charge in [0, 0.05) is 5.02 Å². The molecule has 18 heavy (non-hydrogen) atoms. The van der Waals surface area contributed by atoms with Crippen LogP contribution in [-0.4, -0.2) is 19.7 Å². The molecule has 1 aromatic rings. The first-order valence-corrected chi connectivity index (χ1v) is 6.80. The molecule has 1 unspecified atom stereocenters. The Kier molecular flexibility index (Phi) is 7.16. The summed E-state index contributed by atoms with van der Waals surface area (Å²) in [5.41, 5.74) is 0. The fraction of sp³-hybridized carbons (Fsp3) is 0.538. The maximum atomic E-state index is 6.03. The van der Waals surface area contributed by atoms with Gasteiger partial charge in [-0.3, -0.25) is 0 Å². The minimum Gasteiger partial charge on any atom is -0.492 e. The molecule has 2 rings (SSSR count). The van der Waals surface area contributed by atoms with Gasteiger partial charge < -0.3 is 10.1 Å². The molecule has 1 N–H and O–H groups in total. The zero-order valence-electron chi connectivity index (χ0n) is 10.1. The van der Waals surface area contributed by atoms with E-state index in [1.54, 1.807) is 12.1 Å². The van der Waals surface area contributed by atoms with E-state index in [0.29, 0.717) is 16.7 Å². The number of nitrogens with one attached hydrogen (secondary N) is 1. The van der Waals surface area contributed by atoms with Crippen molar-refractivity contribution >= 4 is 35.6 Å². The largest absolute Gasteiger partial charge is 0.492 e. The summed E-state index contributed by atoms with van der Waals surface area (Å²) in [5.74, 6) is 1.45. The molecule has 0 aliphatic carbocycles. The van der Waals surface area contributed by atoms with Crippen molar-refractivity contribution in [2.24, 2.45) is 5.92 Å². The van der Waals surface area contributed by atoms with Gasteiger partial charge in [0.2, 0.25) is 0 Å². The molecule has 1 atom stereocenters. The first kappa shape index (κ1) is 15.9. The maximum absolute atomic E-state index is 6.03. The van der Waals surface area contributed by atoms with Crippen LogP contribution in [0.3, 0.4) is 0 Å². The highest BCUT2D eigenvalue weighted by Crippen LogP contribution is 2.28. The van der Waals surface area contributed by atoms with Gasteiger partial charge in [-0.05, 0) is 56.5 Å². The van der Waals surface area contributed by atoms with Gasteiger partial charge in [0.1, 0.15) is 5.75 Å². The molecule has 0 bridgehead atoms. The predicted octanol–water partition coefficient (Wildman–Crippen LogP) is 4.18. The van der Waals surface area contributed by atoms with Crippen LogP contribution in [0.1, 0.15) is 19.3 Å². The quantitative estimate of drug-likeness (QED) is 0.900. The first-order chi connectivity index (χ1) is 8.25. The second kappa shape index (κ2) is 8.11. The van der Waals surface area contributed by atoms with Crippen molar-refractivity contribution < 1.29 is 4.74 Å². The Morgan fingerprint density at radius 2 is 2.17 bits per heavy atom. The van der Waals surface area contributed by atoms with E-state index in [0.717, 1.165) is 31.2 Å². The number of rotatable bonds is 4. The molecular formula is C13H18Cl3NO. The Morgan fingerprint density at radius 1 is 1.33 bits per heavy atom. The van der Waals surface area contributed by atoms with Gasteiger partial charge >= 0.3 is 0 Å². The van der Waals surface area contributed by atoms with Crippen LogP contribution in [0, 0.1) is 5.92 Å². The van der Waals surface area contributed by atoms with Crippen LogP contribution < -0.4 is 10.1 Å². The van der Waals surface area contributed by atoms with Gasteiger partial charge in [-0.2, -0.15) is 0 Å². The van der Waals surface area contributed by atoms with Crippen molar-refractivity contribution in [1.29, 1.82) is 0 Å². The lowest BCUT2D eigenvalue weighted by Crippen LogP contribution is -2.30. The van der Waals surface area contributed by atoms with Crippen LogP contribution in [0.4, 0.5) is 0 Å². The summed E-state index contributed by atoms with van der Waals surface area (Å²) in [7, 11) is 0. The van der Waals surface area contributed by atoms with Crippen molar-refractivity contribution in [2.45, 2.75) is 19.3 Å². The highest BCUT2D eigenvalue weighted by atomic mass is 35.5. The average Bonchev–Trinajstić information content (AvgIpc) is 2.33. The van der Waals surface area contributed by atoms with E-state index in [1.807, 2.05) is 6.07 Å². The van der Waals surface area contributed by atoms with E-state index in [-0.39, 0.29) is 12.4 Å². The molecule has 102 valence electrons. The SMILES string of the molecule is Cl.Clc1ccc(OCCC2CCCNC2)c(Cl)c1. The Morgan fingerprint density at radius 3 is 2.83 bits per heavy atom. The number of benzene rings is 1. The molecule has 5 heteroatoms. The van der Waals surface area contributed by atoms with Gasteiger partial charge in [-0.1, -0.05) is 23.2 Å². The summed E-state index contributed by atoms with van der Waals surface area (Å²) in [6.45, 7) is 2.98. The molecule has 1 fully saturated rings. The van der Waals surface area contributed by atoms with Crippen molar-refractivity contribution in [3.05, 3.63) is 28.2 Å². The highest BCUT2D eigenvalue weighted by Gasteiger charge is 2.13. The fourth-order valence-electron chi connectivity index (χ4n) is 2.10. The third-order valence-electron chi connectivity index (χ3n) is 3.08. The Bertz CT molecular complexity index is 367. The molecule has 1 aromatic carbocycles. The summed E-state index contributed by atoms with van der Waals surface area (Å²) in [6.07, 6.45) is 3.64. The topological polar surface area (TPSA) is 21.3 Å². The molecule has 0 aromatic heterocycles. The van der Waals surface area contributed by atoms with Crippen LogP contribution in [0.15, 0.2) is 18.2 Å². The fourth-order valence-corrected chi connectivity index (χ4v) is 2.56. The zero-order valence-corrected chi connectivity index (χ0v) is 12.5. The summed E-state index contributed by atoms with van der Waals surface area (Å²) in [6, 6.07) is 5.33. The van der Waals surface area contributed by atoms with Crippen LogP contribution >= 0.6 is 35.6 Å². The third-order valence-corrected chi connectivity index (χ3v) is 3.61. The number of hydrogen-bond acceptors (Lipinski definition) is 2. The van der Waals surface area contributed by atoms with Crippen LogP contribution in [-0.2, 0) is 0 Å². The summed E-state index contributed by atoms with van der Waals surface area (Å²) in [5, 5.41) is 4.62. The number of piperidine rings is 1. The predicted molar refractivity (Wildman–Crippen MR) is 79.4 cm³/mol. The minimum atomic E-state index is 0. The number of halogens is 3. The molecule has 1 aliphatic heterocycles. The number of hydrogen-bond donors (Lipinski definition) is 1. The lowest BCUT2D eigenvalue weighted by Gasteiger charge is -2.22. The van der Waals surface area contributed by atoms with Gasteiger partial charge in [-0.25, -0.2) is 0 Å².